The van der Waals surface area contributed by atoms with Gasteiger partial charge in [0, 0.05) is 18.3 Å². The van der Waals surface area contributed by atoms with Crippen LogP contribution in [0.1, 0.15) is 12.5 Å². The summed E-state index contributed by atoms with van der Waals surface area (Å²) in [5, 5.41) is 2.55. The number of hydrogen-bond acceptors (Lipinski definition) is 4. The molecule has 2 aromatic rings. The summed E-state index contributed by atoms with van der Waals surface area (Å²) in [6.07, 6.45) is 0. The number of carbonyl (C=O) groups excluding carboxylic acids is 1. The summed E-state index contributed by atoms with van der Waals surface area (Å²) in [4.78, 5) is 11.1. The van der Waals surface area contributed by atoms with E-state index in [1.807, 2.05) is 13.0 Å². The second-order valence-corrected chi connectivity index (χ2v) is 6.67. The Balaban J connectivity index is 2.42. The molecule has 0 bridgehead atoms. The highest BCUT2D eigenvalue weighted by Crippen LogP contribution is 2.29. The van der Waals surface area contributed by atoms with Crippen molar-refractivity contribution in [2.24, 2.45) is 0 Å². The Labute approximate surface area is 135 Å². The summed E-state index contributed by atoms with van der Waals surface area (Å²) < 4.78 is 32.9. The monoisotopic (exact) mass is 334 g/mol. The molecule has 2 aromatic carbocycles. The molecular weight excluding hydrogens is 316 g/mol. The van der Waals surface area contributed by atoms with E-state index in [-0.39, 0.29) is 16.6 Å². The van der Waals surface area contributed by atoms with Crippen LogP contribution < -0.4 is 14.8 Å². The number of nitrogens with one attached hydrogen (secondary N) is 2. The molecule has 0 aromatic heterocycles. The van der Waals surface area contributed by atoms with E-state index < -0.39 is 10.0 Å². The number of ether oxygens (including phenoxy) is 1. The third kappa shape index (κ3) is 4.23. The first kappa shape index (κ1) is 16.8. The number of sulfonamides is 1. The number of hydrogen-bond donors (Lipinski definition) is 2. The van der Waals surface area contributed by atoms with Gasteiger partial charge in [0.05, 0.1) is 7.11 Å². The molecule has 0 heterocycles. The summed E-state index contributed by atoms with van der Waals surface area (Å²) in [5.74, 6) is -0.0931. The van der Waals surface area contributed by atoms with E-state index in [2.05, 4.69) is 10.0 Å². The van der Waals surface area contributed by atoms with E-state index in [1.165, 1.54) is 26.2 Å². The Morgan fingerprint density at radius 1 is 1.09 bits per heavy atom. The molecule has 0 aliphatic rings. The van der Waals surface area contributed by atoms with Crippen molar-refractivity contribution >= 4 is 27.3 Å². The zero-order chi connectivity index (χ0) is 17.0. The Hall–Kier alpha value is -2.54. The number of methoxy groups -OCH3 is 1. The normalized spacial score (nSPS) is 10.9. The van der Waals surface area contributed by atoms with Crippen LogP contribution in [0.2, 0.25) is 0 Å². The fourth-order valence-electron chi connectivity index (χ4n) is 2.09. The van der Waals surface area contributed by atoms with Gasteiger partial charge in [-0.1, -0.05) is 12.1 Å². The molecule has 122 valence electrons. The lowest BCUT2D eigenvalue weighted by Crippen LogP contribution is -2.15. The van der Waals surface area contributed by atoms with Crippen LogP contribution in [0.4, 0.5) is 11.4 Å². The Morgan fingerprint density at radius 3 is 2.43 bits per heavy atom. The summed E-state index contributed by atoms with van der Waals surface area (Å²) >= 11 is 0. The van der Waals surface area contributed by atoms with E-state index in [9.17, 15) is 13.2 Å². The van der Waals surface area contributed by atoms with Crippen molar-refractivity contribution in [3.05, 3.63) is 48.0 Å². The van der Waals surface area contributed by atoms with Crippen molar-refractivity contribution in [3.63, 3.8) is 0 Å². The van der Waals surface area contributed by atoms with Crippen LogP contribution in [0, 0.1) is 6.92 Å². The van der Waals surface area contributed by atoms with Crippen LogP contribution in [0.3, 0.4) is 0 Å². The number of aryl methyl sites for hydroxylation is 1. The molecule has 2 N–H and O–H groups in total. The highest BCUT2D eigenvalue weighted by molar-refractivity contribution is 7.92. The van der Waals surface area contributed by atoms with Crippen molar-refractivity contribution in [1.29, 1.82) is 0 Å². The molecule has 7 heteroatoms. The molecule has 0 saturated carbocycles. The highest BCUT2D eigenvalue weighted by Gasteiger charge is 2.20. The van der Waals surface area contributed by atoms with Crippen molar-refractivity contribution in [2.45, 2.75) is 18.7 Å². The van der Waals surface area contributed by atoms with E-state index in [1.54, 1.807) is 24.3 Å². The Kier molecular flexibility index (Phi) is 4.90. The molecule has 0 atom stereocenters. The van der Waals surface area contributed by atoms with Crippen LogP contribution in [-0.2, 0) is 14.8 Å². The van der Waals surface area contributed by atoms with E-state index in [4.69, 9.17) is 4.74 Å². The number of rotatable bonds is 5. The van der Waals surface area contributed by atoms with Gasteiger partial charge in [-0.25, -0.2) is 8.42 Å². The number of anilines is 2. The lowest BCUT2D eigenvalue weighted by molar-refractivity contribution is -0.114. The van der Waals surface area contributed by atoms with Gasteiger partial charge in [0.1, 0.15) is 10.6 Å². The average molecular weight is 334 g/mol. The summed E-state index contributed by atoms with van der Waals surface area (Å²) in [5.41, 5.74) is 1.77. The fourth-order valence-corrected chi connectivity index (χ4v) is 3.33. The predicted octanol–water partition coefficient (Wildman–Crippen LogP) is 2.76. The molecule has 0 radical (unpaired) electrons. The number of amides is 1. The van der Waals surface area contributed by atoms with Crippen molar-refractivity contribution in [1.82, 2.24) is 0 Å². The topological polar surface area (TPSA) is 84.5 Å². The van der Waals surface area contributed by atoms with E-state index >= 15 is 0 Å². The third-order valence-corrected chi connectivity index (χ3v) is 4.45. The SMILES string of the molecule is COc1ccc(NC(C)=O)cc1S(=O)(=O)Nc1cccc(C)c1. The lowest BCUT2D eigenvalue weighted by Gasteiger charge is -2.13. The van der Waals surface area contributed by atoms with E-state index in [0.717, 1.165) is 5.56 Å². The third-order valence-electron chi connectivity index (χ3n) is 3.04. The van der Waals surface area contributed by atoms with Crippen LogP contribution in [0.25, 0.3) is 0 Å². The zero-order valence-corrected chi connectivity index (χ0v) is 13.9. The van der Waals surface area contributed by atoms with Gasteiger partial charge in [-0.2, -0.15) is 0 Å². The Bertz CT molecular complexity index is 832. The molecule has 0 saturated heterocycles. The maximum atomic E-state index is 12.6. The van der Waals surface area contributed by atoms with Crippen LogP contribution in [0.5, 0.6) is 5.75 Å². The smallest absolute Gasteiger partial charge is 0.265 e. The standard InChI is InChI=1S/C16H18N2O4S/c1-11-5-4-6-14(9-11)18-23(20,21)16-10-13(17-12(2)19)7-8-15(16)22-3/h4-10,18H,1-3H3,(H,17,19). The molecule has 0 spiro atoms. The second kappa shape index (κ2) is 6.70. The van der Waals surface area contributed by atoms with Gasteiger partial charge in [-0.15, -0.1) is 0 Å². The minimum atomic E-state index is -3.86. The average Bonchev–Trinajstić information content (AvgIpc) is 2.46. The van der Waals surface area contributed by atoms with Gasteiger partial charge in [-0.05, 0) is 42.8 Å². The van der Waals surface area contributed by atoms with Gasteiger partial charge in [0.15, 0.2) is 0 Å². The van der Waals surface area contributed by atoms with Crippen molar-refractivity contribution in [2.75, 3.05) is 17.1 Å². The molecule has 0 aliphatic carbocycles. The van der Waals surface area contributed by atoms with Crippen LogP contribution in [0.15, 0.2) is 47.4 Å². The highest BCUT2D eigenvalue weighted by atomic mass is 32.2. The Morgan fingerprint density at radius 2 is 1.83 bits per heavy atom. The van der Waals surface area contributed by atoms with Gasteiger partial charge >= 0.3 is 0 Å². The zero-order valence-electron chi connectivity index (χ0n) is 13.1. The van der Waals surface area contributed by atoms with Crippen molar-refractivity contribution < 1.29 is 17.9 Å². The molecule has 23 heavy (non-hydrogen) atoms. The van der Waals surface area contributed by atoms with Gasteiger partial charge in [0.25, 0.3) is 10.0 Å². The quantitative estimate of drug-likeness (QED) is 0.880. The maximum Gasteiger partial charge on any atom is 0.265 e. The first-order valence-electron chi connectivity index (χ1n) is 6.87. The van der Waals surface area contributed by atoms with Gasteiger partial charge in [0.2, 0.25) is 5.91 Å². The molecule has 0 aliphatic heterocycles. The van der Waals surface area contributed by atoms with Gasteiger partial charge < -0.3 is 10.1 Å². The first-order chi connectivity index (χ1) is 10.8. The predicted molar refractivity (Wildman–Crippen MR) is 89.3 cm³/mol. The van der Waals surface area contributed by atoms with Gasteiger partial charge in [-0.3, -0.25) is 9.52 Å². The number of carbonyl (C=O) groups is 1. The van der Waals surface area contributed by atoms with Crippen LogP contribution in [-0.4, -0.2) is 21.4 Å². The largest absolute Gasteiger partial charge is 0.495 e. The van der Waals surface area contributed by atoms with E-state index in [0.29, 0.717) is 11.4 Å². The first-order valence-corrected chi connectivity index (χ1v) is 8.35. The minimum absolute atomic E-state index is 0.0484. The molecule has 6 nitrogen and oxygen atoms in total. The summed E-state index contributed by atoms with van der Waals surface area (Å²) in [7, 11) is -2.47. The lowest BCUT2D eigenvalue weighted by atomic mass is 10.2. The number of benzene rings is 2. The van der Waals surface area contributed by atoms with Crippen molar-refractivity contribution in [3.8, 4) is 5.75 Å². The second-order valence-electron chi connectivity index (χ2n) is 5.02. The summed E-state index contributed by atoms with van der Waals surface area (Å²) in [6, 6.07) is 11.4. The molecule has 2 rings (SSSR count). The fraction of sp³-hybridized carbons (Fsp3) is 0.188. The molecule has 0 fully saturated rings. The van der Waals surface area contributed by atoms with Crippen LogP contribution >= 0.6 is 0 Å². The molecule has 0 unspecified atom stereocenters. The maximum absolute atomic E-state index is 12.6. The minimum Gasteiger partial charge on any atom is -0.495 e. The summed E-state index contributed by atoms with van der Waals surface area (Å²) in [6.45, 7) is 3.22. The molecular formula is C16H18N2O4S. The molecule has 1 amide bonds.